The van der Waals surface area contributed by atoms with Crippen molar-refractivity contribution >= 4 is 6.03 Å². The highest BCUT2D eigenvalue weighted by Crippen LogP contribution is 2.38. The number of carbonyl (C=O) groups excluding carboxylic acids is 1. The Bertz CT molecular complexity index is 667. The molecule has 1 atom stereocenters. The fourth-order valence-corrected chi connectivity index (χ4v) is 2.58. The van der Waals surface area contributed by atoms with Crippen molar-refractivity contribution in [2.24, 2.45) is 0 Å². The lowest BCUT2D eigenvalue weighted by molar-refractivity contribution is 0.195. The van der Waals surface area contributed by atoms with Crippen molar-refractivity contribution < 1.29 is 9.32 Å². The van der Waals surface area contributed by atoms with Crippen molar-refractivity contribution in [1.82, 2.24) is 20.4 Å². The van der Waals surface area contributed by atoms with E-state index in [-0.39, 0.29) is 11.9 Å². The summed E-state index contributed by atoms with van der Waals surface area (Å²) in [5, 5.41) is 6.98. The molecule has 128 valence electrons. The number of aromatic nitrogens is 2. The minimum atomic E-state index is -0.0990. The van der Waals surface area contributed by atoms with E-state index in [0.717, 1.165) is 12.8 Å². The number of rotatable bonds is 7. The molecule has 1 unspecified atom stereocenters. The lowest BCUT2D eigenvalue weighted by Gasteiger charge is -2.21. The van der Waals surface area contributed by atoms with Gasteiger partial charge in [0.05, 0.1) is 6.54 Å². The Morgan fingerprint density at radius 2 is 2.12 bits per heavy atom. The zero-order chi connectivity index (χ0) is 16.9. The van der Waals surface area contributed by atoms with Crippen molar-refractivity contribution in [2.75, 3.05) is 13.1 Å². The van der Waals surface area contributed by atoms with Gasteiger partial charge in [0.2, 0.25) is 5.89 Å². The Labute approximate surface area is 142 Å². The van der Waals surface area contributed by atoms with Gasteiger partial charge in [-0.15, -0.1) is 0 Å². The van der Waals surface area contributed by atoms with Crippen LogP contribution in [0.25, 0.3) is 0 Å². The number of carbonyl (C=O) groups is 1. The van der Waals surface area contributed by atoms with Crippen molar-refractivity contribution in [2.45, 2.75) is 45.1 Å². The van der Waals surface area contributed by atoms with E-state index in [1.54, 1.807) is 4.90 Å². The topological polar surface area (TPSA) is 71.3 Å². The number of benzene rings is 1. The minimum Gasteiger partial charge on any atom is -0.339 e. The van der Waals surface area contributed by atoms with Crippen LogP contribution in [0.4, 0.5) is 4.79 Å². The lowest BCUT2D eigenvalue weighted by atomic mass is 10.0. The maximum atomic E-state index is 12.4. The standard InChI is InChI=1S/C18H24N4O2/c1-3-22(12-16-20-17(24-21-16)15-9-10-15)18(23)19-11-13(2)14-7-5-4-6-8-14/h4-8,13,15H,3,9-12H2,1-2H3,(H,19,23). The first kappa shape index (κ1) is 16.5. The Morgan fingerprint density at radius 3 is 2.79 bits per heavy atom. The first-order valence-electron chi connectivity index (χ1n) is 8.57. The van der Waals surface area contributed by atoms with Crippen LogP contribution in [0.2, 0.25) is 0 Å². The number of urea groups is 1. The molecule has 0 saturated heterocycles. The average Bonchev–Trinajstić information content (AvgIpc) is 3.37. The molecule has 24 heavy (non-hydrogen) atoms. The molecule has 1 heterocycles. The van der Waals surface area contributed by atoms with Crippen molar-refractivity contribution in [1.29, 1.82) is 0 Å². The van der Waals surface area contributed by atoms with E-state index in [1.807, 2.05) is 25.1 Å². The van der Waals surface area contributed by atoms with E-state index in [1.165, 1.54) is 5.56 Å². The van der Waals surface area contributed by atoms with Gasteiger partial charge in [-0.3, -0.25) is 0 Å². The molecular weight excluding hydrogens is 304 g/mol. The van der Waals surface area contributed by atoms with Gasteiger partial charge in [0.25, 0.3) is 0 Å². The molecule has 0 radical (unpaired) electrons. The normalized spacial score (nSPS) is 15.1. The predicted octanol–water partition coefficient (Wildman–Crippen LogP) is 3.28. The van der Waals surface area contributed by atoms with Gasteiger partial charge in [0.1, 0.15) is 0 Å². The number of amides is 2. The third-order valence-electron chi connectivity index (χ3n) is 4.34. The van der Waals surface area contributed by atoms with Gasteiger partial charge >= 0.3 is 6.03 Å². The van der Waals surface area contributed by atoms with Crippen LogP contribution in [0.15, 0.2) is 34.9 Å². The molecule has 0 spiro atoms. The number of hydrogen-bond donors (Lipinski definition) is 1. The first-order chi connectivity index (χ1) is 11.7. The highest BCUT2D eigenvalue weighted by atomic mass is 16.5. The van der Waals surface area contributed by atoms with Crippen LogP contribution in [0.3, 0.4) is 0 Å². The van der Waals surface area contributed by atoms with Gasteiger partial charge in [0, 0.05) is 19.0 Å². The van der Waals surface area contributed by atoms with E-state index < -0.39 is 0 Å². The predicted molar refractivity (Wildman–Crippen MR) is 90.6 cm³/mol. The smallest absolute Gasteiger partial charge is 0.317 e. The molecule has 1 fully saturated rings. The molecule has 1 aliphatic carbocycles. The van der Waals surface area contributed by atoms with Crippen molar-refractivity contribution in [3.8, 4) is 0 Å². The van der Waals surface area contributed by atoms with E-state index in [4.69, 9.17) is 4.52 Å². The molecule has 2 amide bonds. The van der Waals surface area contributed by atoms with Gasteiger partial charge in [0.15, 0.2) is 5.82 Å². The fourth-order valence-electron chi connectivity index (χ4n) is 2.58. The van der Waals surface area contributed by atoms with Crippen LogP contribution in [-0.4, -0.2) is 34.2 Å². The Kier molecular flexibility index (Phi) is 5.13. The molecule has 2 aromatic rings. The maximum absolute atomic E-state index is 12.4. The molecular formula is C18H24N4O2. The van der Waals surface area contributed by atoms with Crippen molar-refractivity contribution in [3.63, 3.8) is 0 Å². The lowest BCUT2D eigenvalue weighted by Crippen LogP contribution is -2.41. The summed E-state index contributed by atoms with van der Waals surface area (Å²) in [5.41, 5.74) is 1.22. The fraction of sp³-hybridized carbons (Fsp3) is 0.500. The van der Waals surface area contributed by atoms with Crippen LogP contribution < -0.4 is 5.32 Å². The second kappa shape index (κ2) is 7.47. The quantitative estimate of drug-likeness (QED) is 0.846. The summed E-state index contributed by atoms with van der Waals surface area (Å²) in [5.74, 6) is 1.98. The molecule has 1 aromatic heterocycles. The molecule has 0 aliphatic heterocycles. The monoisotopic (exact) mass is 328 g/mol. The summed E-state index contributed by atoms with van der Waals surface area (Å²) >= 11 is 0. The second-order valence-corrected chi connectivity index (χ2v) is 6.34. The van der Waals surface area contributed by atoms with Crippen molar-refractivity contribution in [3.05, 3.63) is 47.6 Å². The highest BCUT2D eigenvalue weighted by Gasteiger charge is 2.30. The van der Waals surface area contributed by atoms with Gasteiger partial charge in [-0.25, -0.2) is 4.79 Å². The summed E-state index contributed by atoms with van der Waals surface area (Å²) in [7, 11) is 0. The highest BCUT2D eigenvalue weighted by molar-refractivity contribution is 5.74. The van der Waals surface area contributed by atoms with Crippen LogP contribution in [0.1, 0.15) is 55.8 Å². The zero-order valence-corrected chi connectivity index (χ0v) is 14.2. The van der Waals surface area contributed by atoms with Gasteiger partial charge in [-0.1, -0.05) is 42.4 Å². The van der Waals surface area contributed by atoms with E-state index in [2.05, 4.69) is 34.5 Å². The number of nitrogens with zero attached hydrogens (tertiary/aromatic N) is 3. The maximum Gasteiger partial charge on any atom is 0.317 e. The number of nitrogens with one attached hydrogen (secondary N) is 1. The second-order valence-electron chi connectivity index (χ2n) is 6.34. The minimum absolute atomic E-state index is 0.0990. The van der Waals surface area contributed by atoms with E-state index in [9.17, 15) is 4.79 Å². The summed E-state index contributed by atoms with van der Waals surface area (Å²) in [6.45, 7) is 5.62. The summed E-state index contributed by atoms with van der Waals surface area (Å²) in [6.07, 6.45) is 2.24. The van der Waals surface area contributed by atoms with Crippen LogP contribution in [0, 0.1) is 0 Å². The molecule has 1 aliphatic rings. The van der Waals surface area contributed by atoms with Crippen LogP contribution >= 0.6 is 0 Å². The number of hydrogen-bond acceptors (Lipinski definition) is 4. The summed E-state index contributed by atoms with van der Waals surface area (Å²) in [6, 6.07) is 10.1. The van der Waals surface area contributed by atoms with E-state index >= 15 is 0 Å². The first-order valence-corrected chi connectivity index (χ1v) is 8.57. The third-order valence-corrected chi connectivity index (χ3v) is 4.34. The molecule has 1 N–H and O–H groups in total. The molecule has 3 rings (SSSR count). The molecule has 0 bridgehead atoms. The Morgan fingerprint density at radius 1 is 1.38 bits per heavy atom. The van der Waals surface area contributed by atoms with Gasteiger partial charge in [-0.05, 0) is 31.2 Å². The van der Waals surface area contributed by atoms with Crippen LogP contribution in [-0.2, 0) is 6.54 Å². The third kappa shape index (κ3) is 4.13. The van der Waals surface area contributed by atoms with E-state index in [0.29, 0.717) is 37.3 Å². The Balaban J connectivity index is 1.51. The average molecular weight is 328 g/mol. The molecule has 6 heteroatoms. The van der Waals surface area contributed by atoms with Gasteiger partial charge in [-0.2, -0.15) is 4.98 Å². The Hall–Kier alpha value is -2.37. The van der Waals surface area contributed by atoms with Gasteiger partial charge < -0.3 is 14.7 Å². The molecule has 6 nitrogen and oxygen atoms in total. The largest absolute Gasteiger partial charge is 0.339 e. The van der Waals surface area contributed by atoms with Crippen LogP contribution in [0.5, 0.6) is 0 Å². The zero-order valence-electron chi connectivity index (χ0n) is 14.2. The summed E-state index contributed by atoms with van der Waals surface area (Å²) < 4.78 is 5.25. The molecule has 1 saturated carbocycles. The summed E-state index contributed by atoms with van der Waals surface area (Å²) in [4.78, 5) is 18.5. The molecule has 1 aromatic carbocycles. The SMILES string of the molecule is CCN(Cc1noc(C2CC2)n1)C(=O)NCC(C)c1ccccc1.